The quantitative estimate of drug-likeness (QED) is 0.366. The standard InChI is InChI=1S/C17H18F2N4OS.C7H6F2O/c18-12-3-4-14(19)15(8-12)23-7-1-2-11(10-23)17(24)22-13-5-6-21-16(9-13)25-20;1-10-6-4-2-3-5(8)7(6)9/h3-6,8-9,11H,1-2,7,10,20H2,(H,21,22,24);2-4H,1H3. The first kappa shape index (κ1) is 26.3. The largest absolute Gasteiger partial charge is 0.494 e. The molecule has 1 saturated heterocycles. The lowest BCUT2D eigenvalue weighted by Crippen LogP contribution is -2.41. The van der Waals surface area contributed by atoms with Gasteiger partial charge in [-0.3, -0.25) is 9.93 Å². The second-order valence-corrected chi connectivity index (χ2v) is 8.28. The van der Waals surface area contributed by atoms with Gasteiger partial charge in [0.25, 0.3) is 0 Å². The Morgan fingerprint density at radius 2 is 1.94 bits per heavy atom. The number of nitrogens with two attached hydrogens (primary N) is 1. The number of nitrogens with one attached hydrogen (secondary N) is 1. The highest BCUT2D eigenvalue weighted by molar-refractivity contribution is 7.97. The summed E-state index contributed by atoms with van der Waals surface area (Å²) in [5.74, 6) is -3.34. The van der Waals surface area contributed by atoms with Crippen LogP contribution in [0.3, 0.4) is 0 Å². The topological polar surface area (TPSA) is 80.5 Å². The molecule has 0 aliphatic carbocycles. The van der Waals surface area contributed by atoms with E-state index in [1.807, 2.05) is 0 Å². The number of pyridine rings is 1. The fourth-order valence-electron chi connectivity index (χ4n) is 3.58. The van der Waals surface area contributed by atoms with Crippen LogP contribution in [-0.4, -0.2) is 31.1 Å². The molecule has 0 saturated carbocycles. The molecule has 1 aromatic heterocycles. The number of ether oxygens (including phenoxy) is 1. The Balaban J connectivity index is 0.000000287. The Hall–Kier alpha value is -3.31. The molecular weight excluding hydrogens is 484 g/mol. The Kier molecular flexibility index (Phi) is 9.32. The number of hydrogen-bond acceptors (Lipinski definition) is 6. The van der Waals surface area contributed by atoms with Crippen molar-refractivity contribution in [1.29, 1.82) is 0 Å². The van der Waals surface area contributed by atoms with Gasteiger partial charge in [0.2, 0.25) is 11.7 Å². The van der Waals surface area contributed by atoms with Crippen LogP contribution < -0.4 is 20.1 Å². The molecule has 6 nitrogen and oxygen atoms in total. The summed E-state index contributed by atoms with van der Waals surface area (Å²) in [5.41, 5.74) is 0.810. The monoisotopic (exact) mass is 508 g/mol. The highest BCUT2D eigenvalue weighted by atomic mass is 32.2. The molecule has 0 bridgehead atoms. The molecule has 4 rings (SSSR count). The summed E-state index contributed by atoms with van der Waals surface area (Å²) in [6, 6.07) is 10.5. The molecule has 11 heteroatoms. The molecule has 1 unspecified atom stereocenters. The lowest BCUT2D eigenvalue weighted by molar-refractivity contribution is -0.120. The van der Waals surface area contributed by atoms with Crippen LogP contribution in [0, 0.1) is 29.2 Å². The zero-order chi connectivity index (χ0) is 25.4. The fraction of sp³-hybridized carbons (Fsp3) is 0.250. The highest BCUT2D eigenvalue weighted by Gasteiger charge is 2.27. The van der Waals surface area contributed by atoms with Gasteiger partial charge in [-0.05, 0) is 61.2 Å². The number of hydrogen-bond donors (Lipinski definition) is 2. The van der Waals surface area contributed by atoms with Gasteiger partial charge in [-0.15, -0.1) is 0 Å². The number of rotatable bonds is 5. The van der Waals surface area contributed by atoms with E-state index >= 15 is 0 Å². The molecule has 1 aliphatic rings. The smallest absolute Gasteiger partial charge is 0.229 e. The number of nitrogens with zero attached hydrogens (tertiary/aromatic N) is 2. The second-order valence-electron chi connectivity index (χ2n) is 7.63. The van der Waals surface area contributed by atoms with E-state index in [2.05, 4.69) is 15.0 Å². The van der Waals surface area contributed by atoms with Gasteiger partial charge in [-0.2, -0.15) is 4.39 Å². The lowest BCUT2D eigenvalue weighted by atomic mass is 9.96. The molecule has 1 atom stereocenters. The minimum absolute atomic E-state index is 0.0694. The van der Waals surface area contributed by atoms with Gasteiger partial charge in [0, 0.05) is 31.0 Å². The van der Waals surface area contributed by atoms with Crippen molar-refractivity contribution in [3.8, 4) is 5.75 Å². The van der Waals surface area contributed by atoms with Crippen LogP contribution in [0.2, 0.25) is 0 Å². The Morgan fingerprint density at radius 3 is 2.66 bits per heavy atom. The van der Waals surface area contributed by atoms with E-state index in [-0.39, 0.29) is 23.3 Å². The molecule has 3 aromatic rings. The van der Waals surface area contributed by atoms with Crippen LogP contribution in [0.1, 0.15) is 12.8 Å². The molecule has 0 radical (unpaired) electrons. The zero-order valence-electron chi connectivity index (χ0n) is 18.8. The number of piperidine rings is 1. The van der Waals surface area contributed by atoms with Crippen LogP contribution in [0.4, 0.5) is 28.9 Å². The van der Waals surface area contributed by atoms with Crippen molar-refractivity contribution in [1.82, 2.24) is 4.98 Å². The van der Waals surface area contributed by atoms with Crippen molar-refractivity contribution in [2.45, 2.75) is 17.9 Å². The van der Waals surface area contributed by atoms with Crippen LogP contribution in [-0.2, 0) is 4.79 Å². The highest BCUT2D eigenvalue weighted by Crippen LogP contribution is 2.27. The molecule has 1 amide bonds. The summed E-state index contributed by atoms with van der Waals surface area (Å²) >= 11 is 0.998. The molecule has 1 aliphatic heterocycles. The Labute approximate surface area is 204 Å². The SMILES string of the molecule is COc1cccc(F)c1F.NSc1cc(NC(=O)C2CCCN(c3cc(F)ccc3F)C2)ccn1. The van der Waals surface area contributed by atoms with Crippen molar-refractivity contribution in [2.24, 2.45) is 11.1 Å². The molecule has 2 aromatic carbocycles. The number of amides is 1. The number of carbonyl (C=O) groups is 1. The first-order chi connectivity index (χ1) is 16.8. The number of benzene rings is 2. The average Bonchev–Trinajstić information content (AvgIpc) is 2.87. The summed E-state index contributed by atoms with van der Waals surface area (Å²) in [4.78, 5) is 18.3. The summed E-state index contributed by atoms with van der Waals surface area (Å²) in [6.07, 6.45) is 3.00. The van der Waals surface area contributed by atoms with E-state index in [1.54, 1.807) is 23.2 Å². The minimum Gasteiger partial charge on any atom is -0.494 e. The van der Waals surface area contributed by atoms with E-state index in [9.17, 15) is 22.4 Å². The van der Waals surface area contributed by atoms with Gasteiger partial charge in [-0.1, -0.05) is 6.07 Å². The van der Waals surface area contributed by atoms with Crippen molar-refractivity contribution < 1.29 is 27.1 Å². The summed E-state index contributed by atoms with van der Waals surface area (Å²) in [7, 11) is 1.29. The maximum Gasteiger partial charge on any atom is 0.229 e. The average molecular weight is 509 g/mol. The van der Waals surface area contributed by atoms with Crippen molar-refractivity contribution >= 4 is 29.2 Å². The van der Waals surface area contributed by atoms with E-state index < -0.39 is 23.3 Å². The second kappa shape index (κ2) is 12.4. The molecule has 186 valence electrons. The Morgan fingerprint density at radius 1 is 1.14 bits per heavy atom. The lowest BCUT2D eigenvalue weighted by Gasteiger charge is -2.33. The van der Waals surface area contributed by atoms with Gasteiger partial charge in [0.05, 0.1) is 18.7 Å². The van der Waals surface area contributed by atoms with Gasteiger partial charge >= 0.3 is 0 Å². The number of anilines is 2. The number of carbonyl (C=O) groups excluding carboxylic acids is 1. The third-order valence-electron chi connectivity index (χ3n) is 5.30. The maximum atomic E-state index is 14.0. The van der Waals surface area contributed by atoms with Crippen LogP contribution in [0.25, 0.3) is 0 Å². The van der Waals surface area contributed by atoms with Crippen LogP contribution >= 0.6 is 11.9 Å². The van der Waals surface area contributed by atoms with Gasteiger partial charge in [-0.25, -0.2) is 18.2 Å². The van der Waals surface area contributed by atoms with Gasteiger partial charge in [0.1, 0.15) is 16.7 Å². The van der Waals surface area contributed by atoms with E-state index in [0.29, 0.717) is 30.2 Å². The molecule has 0 spiro atoms. The summed E-state index contributed by atoms with van der Waals surface area (Å²) in [6.45, 7) is 0.934. The predicted octanol–water partition coefficient (Wildman–Crippen LogP) is 5.15. The van der Waals surface area contributed by atoms with Crippen LogP contribution in [0.15, 0.2) is 59.8 Å². The van der Waals surface area contributed by atoms with E-state index in [0.717, 1.165) is 36.6 Å². The molecular formula is C24H24F4N4O2S. The number of methoxy groups -OCH3 is 1. The number of halogens is 4. The molecule has 35 heavy (non-hydrogen) atoms. The zero-order valence-corrected chi connectivity index (χ0v) is 19.6. The molecule has 2 heterocycles. The normalized spacial score (nSPS) is 15.1. The first-order valence-corrected chi connectivity index (χ1v) is 11.5. The molecule has 3 N–H and O–H groups in total. The van der Waals surface area contributed by atoms with Gasteiger partial charge in [0.15, 0.2) is 11.6 Å². The maximum absolute atomic E-state index is 14.0. The Bertz CT molecular complexity index is 1170. The summed E-state index contributed by atoms with van der Waals surface area (Å²) in [5, 5.41) is 8.91. The molecule has 1 fully saturated rings. The van der Waals surface area contributed by atoms with Crippen molar-refractivity contribution in [3.05, 3.63) is 78.0 Å². The fourth-order valence-corrected chi connectivity index (χ4v) is 3.89. The predicted molar refractivity (Wildman–Crippen MR) is 127 cm³/mol. The number of aromatic nitrogens is 1. The van der Waals surface area contributed by atoms with Crippen LogP contribution in [0.5, 0.6) is 5.75 Å². The third-order valence-corrected chi connectivity index (χ3v) is 5.77. The van der Waals surface area contributed by atoms with Gasteiger partial charge < -0.3 is 15.0 Å². The van der Waals surface area contributed by atoms with Crippen molar-refractivity contribution in [3.63, 3.8) is 0 Å². The third kappa shape index (κ3) is 7.09. The van der Waals surface area contributed by atoms with Crippen molar-refractivity contribution in [2.75, 3.05) is 30.4 Å². The van der Waals surface area contributed by atoms with E-state index in [1.165, 1.54) is 25.3 Å². The van der Waals surface area contributed by atoms with E-state index in [4.69, 9.17) is 5.14 Å². The summed E-state index contributed by atoms with van der Waals surface area (Å²) < 4.78 is 56.7. The minimum atomic E-state index is -0.940. The first-order valence-electron chi connectivity index (χ1n) is 10.6.